The van der Waals surface area contributed by atoms with Gasteiger partial charge in [0.2, 0.25) is 0 Å². The Kier molecular flexibility index (Phi) is 1.90. The van der Waals surface area contributed by atoms with E-state index < -0.39 is 0 Å². The van der Waals surface area contributed by atoms with E-state index in [-0.39, 0.29) is 6.10 Å². The van der Waals surface area contributed by atoms with E-state index >= 15 is 0 Å². The molecule has 1 saturated carbocycles. The van der Waals surface area contributed by atoms with Gasteiger partial charge in [0, 0.05) is 11.5 Å². The van der Waals surface area contributed by atoms with Gasteiger partial charge in [0.1, 0.15) is 5.76 Å². The van der Waals surface area contributed by atoms with E-state index in [0.717, 1.165) is 47.6 Å². The fourth-order valence-corrected chi connectivity index (χ4v) is 3.13. The van der Waals surface area contributed by atoms with Gasteiger partial charge in [-0.15, -0.1) is 0 Å². The molecule has 3 N–H and O–H groups in total. The molecule has 3 unspecified atom stereocenters. The largest absolute Gasteiger partial charge is 0.453 e. The average molecular weight is 211 g/mol. The van der Waals surface area contributed by atoms with Crippen LogP contribution in [0.4, 0.5) is 0 Å². The van der Waals surface area contributed by atoms with Crippen LogP contribution in [0.3, 0.4) is 0 Å². The zero-order chi connectivity index (χ0) is 9.71. The van der Waals surface area contributed by atoms with E-state index in [1.54, 1.807) is 0 Å². The second kappa shape index (κ2) is 3.02. The first-order valence-electron chi connectivity index (χ1n) is 4.98. The Morgan fingerprint density at radius 3 is 3.14 bits per heavy atom. The number of rotatable bonds is 1. The molecule has 0 saturated heterocycles. The van der Waals surface area contributed by atoms with Crippen molar-refractivity contribution in [3.05, 3.63) is 17.4 Å². The lowest BCUT2D eigenvalue weighted by Gasteiger charge is -2.23. The maximum absolute atomic E-state index is 10.0. The summed E-state index contributed by atoms with van der Waals surface area (Å²) in [7, 11) is 0. The highest BCUT2D eigenvalue weighted by Gasteiger charge is 2.41. The Bertz CT molecular complexity index is 350. The molecule has 1 aromatic heterocycles. The number of fused-ring (bicyclic) bond motifs is 4. The van der Waals surface area contributed by atoms with Crippen LogP contribution in [0.15, 0.2) is 15.6 Å². The topological polar surface area (TPSA) is 59.4 Å². The molecule has 14 heavy (non-hydrogen) atoms. The minimum Gasteiger partial charge on any atom is -0.453 e. The fraction of sp³-hybridized carbons (Fsp3) is 0.600. The van der Waals surface area contributed by atoms with Crippen molar-refractivity contribution in [3.8, 4) is 0 Å². The highest BCUT2D eigenvalue weighted by atomic mass is 32.2. The predicted octanol–water partition coefficient (Wildman–Crippen LogP) is 2.18. The number of hydrogen-bond acceptors (Lipinski definition) is 4. The summed E-state index contributed by atoms with van der Waals surface area (Å²) >= 11 is 1.11. The molecule has 3 nitrogen and oxygen atoms in total. The van der Waals surface area contributed by atoms with Crippen molar-refractivity contribution in [2.75, 3.05) is 0 Å². The van der Waals surface area contributed by atoms with Gasteiger partial charge in [-0.05, 0) is 43.2 Å². The SMILES string of the molecule is NSc1cc2c(o1)C1CCC(C1)C2O. The van der Waals surface area contributed by atoms with E-state index in [1.807, 2.05) is 6.07 Å². The molecule has 0 radical (unpaired) electrons. The van der Waals surface area contributed by atoms with Gasteiger partial charge in [0.05, 0.1) is 6.10 Å². The van der Waals surface area contributed by atoms with Gasteiger partial charge in [-0.2, -0.15) is 0 Å². The number of aliphatic hydroxyl groups excluding tert-OH is 1. The van der Waals surface area contributed by atoms with Gasteiger partial charge in [-0.3, -0.25) is 5.14 Å². The van der Waals surface area contributed by atoms with Crippen molar-refractivity contribution in [1.29, 1.82) is 0 Å². The van der Waals surface area contributed by atoms with E-state index in [2.05, 4.69) is 0 Å². The molecule has 1 fully saturated rings. The molecule has 3 rings (SSSR count). The summed E-state index contributed by atoms with van der Waals surface area (Å²) in [6.45, 7) is 0. The van der Waals surface area contributed by atoms with Crippen LogP contribution in [0.5, 0.6) is 0 Å². The maximum atomic E-state index is 10.0. The molecule has 0 aliphatic heterocycles. The quantitative estimate of drug-likeness (QED) is 0.699. The van der Waals surface area contributed by atoms with Crippen molar-refractivity contribution >= 4 is 11.9 Å². The highest BCUT2D eigenvalue weighted by Crippen LogP contribution is 2.52. The standard InChI is InChI=1S/C10H13NO2S/c11-14-8-4-7-9(12)5-1-2-6(3-5)10(7)13-8/h4-6,9,12H,1-3,11H2. The fourth-order valence-electron chi connectivity index (χ4n) is 2.80. The minimum absolute atomic E-state index is 0.326. The molecule has 2 aliphatic carbocycles. The Balaban J connectivity index is 2.09. The normalized spacial score (nSPS) is 34.6. The number of furan rings is 1. The van der Waals surface area contributed by atoms with Gasteiger partial charge < -0.3 is 9.52 Å². The molecule has 1 aromatic rings. The molecule has 0 aromatic carbocycles. The van der Waals surface area contributed by atoms with Crippen LogP contribution in [0.2, 0.25) is 0 Å². The lowest BCUT2D eigenvalue weighted by atomic mass is 9.86. The lowest BCUT2D eigenvalue weighted by Crippen LogP contribution is -2.15. The molecule has 2 bridgehead atoms. The molecule has 1 heterocycles. The maximum Gasteiger partial charge on any atom is 0.175 e. The van der Waals surface area contributed by atoms with Crippen LogP contribution in [0, 0.1) is 5.92 Å². The smallest absolute Gasteiger partial charge is 0.175 e. The van der Waals surface area contributed by atoms with Gasteiger partial charge in [-0.25, -0.2) is 0 Å². The summed E-state index contributed by atoms with van der Waals surface area (Å²) in [6, 6.07) is 1.90. The number of hydrogen-bond donors (Lipinski definition) is 2. The molecule has 2 aliphatic rings. The summed E-state index contributed by atoms with van der Waals surface area (Å²) in [5.74, 6) is 1.96. The van der Waals surface area contributed by atoms with Gasteiger partial charge in [0.15, 0.2) is 5.09 Å². The molecule has 0 amide bonds. The molecular weight excluding hydrogens is 198 g/mol. The summed E-state index contributed by atoms with van der Waals surface area (Å²) in [4.78, 5) is 0. The third-order valence-corrected chi connectivity index (χ3v) is 3.93. The first-order valence-corrected chi connectivity index (χ1v) is 5.86. The first-order chi connectivity index (χ1) is 6.79. The summed E-state index contributed by atoms with van der Waals surface area (Å²) < 4.78 is 5.63. The third kappa shape index (κ3) is 1.08. The van der Waals surface area contributed by atoms with Crippen molar-refractivity contribution in [3.63, 3.8) is 0 Å². The zero-order valence-corrected chi connectivity index (χ0v) is 8.59. The second-order valence-corrected chi connectivity index (χ2v) is 4.86. The monoisotopic (exact) mass is 211 g/mol. The van der Waals surface area contributed by atoms with Crippen LogP contribution in [-0.2, 0) is 0 Å². The van der Waals surface area contributed by atoms with Crippen LogP contribution < -0.4 is 5.14 Å². The van der Waals surface area contributed by atoms with E-state index in [0.29, 0.717) is 11.8 Å². The van der Waals surface area contributed by atoms with Gasteiger partial charge >= 0.3 is 0 Å². The Morgan fingerprint density at radius 2 is 2.36 bits per heavy atom. The molecule has 3 atom stereocenters. The van der Waals surface area contributed by atoms with Crippen LogP contribution >= 0.6 is 11.9 Å². The number of aliphatic hydroxyl groups is 1. The van der Waals surface area contributed by atoms with Crippen molar-refractivity contribution in [2.45, 2.75) is 36.4 Å². The van der Waals surface area contributed by atoms with Crippen molar-refractivity contribution < 1.29 is 9.52 Å². The third-order valence-electron chi connectivity index (χ3n) is 3.49. The second-order valence-electron chi connectivity index (χ2n) is 4.22. The zero-order valence-electron chi connectivity index (χ0n) is 7.77. The van der Waals surface area contributed by atoms with E-state index in [1.165, 1.54) is 0 Å². The van der Waals surface area contributed by atoms with Gasteiger partial charge in [-0.1, -0.05) is 0 Å². The average Bonchev–Trinajstić information content (AvgIpc) is 2.80. The predicted molar refractivity (Wildman–Crippen MR) is 53.8 cm³/mol. The summed E-state index contributed by atoms with van der Waals surface area (Å²) in [5, 5.41) is 16.2. The minimum atomic E-state index is -0.326. The molecule has 76 valence electrons. The molecule has 4 heteroatoms. The van der Waals surface area contributed by atoms with Crippen LogP contribution in [0.25, 0.3) is 0 Å². The summed E-state index contributed by atoms with van der Waals surface area (Å²) in [5.41, 5.74) is 0.983. The van der Waals surface area contributed by atoms with Crippen LogP contribution in [0.1, 0.15) is 42.6 Å². The Labute approximate surface area is 86.8 Å². The Morgan fingerprint density at radius 1 is 1.50 bits per heavy atom. The van der Waals surface area contributed by atoms with Crippen molar-refractivity contribution in [2.24, 2.45) is 11.1 Å². The first kappa shape index (κ1) is 8.83. The van der Waals surface area contributed by atoms with Gasteiger partial charge in [0.25, 0.3) is 0 Å². The van der Waals surface area contributed by atoms with Crippen molar-refractivity contribution in [1.82, 2.24) is 0 Å². The number of nitrogens with two attached hydrogens (primary N) is 1. The molecule has 0 spiro atoms. The summed E-state index contributed by atoms with van der Waals surface area (Å²) in [6.07, 6.45) is 3.03. The van der Waals surface area contributed by atoms with E-state index in [9.17, 15) is 5.11 Å². The lowest BCUT2D eigenvalue weighted by molar-refractivity contribution is 0.101. The van der Waals surface area contributed by atoms with Crippen LogP contribution in [-0.4, -0.2) is 5.11 Å². The van der Waals surface area contributed by atoms with E-state index in [4.69, 9.17) is 9.56 Å². The Hall–Kier alpha value is -0.450. The highest BCUT2D eigenvalue weighted by molar-refractivity contribution is 7.96. The molecular formula is C10H13NO2S.